The third-order valence-electron chi connectivity index (χ3n) is 7.51. The van der Waals surface area contributed by atoms with Gasteiger partial charge in [0, 0.05) is 44.6 Å². The molecule has 0 spiro atoms. The van der Waals surface area contributed by atoms with Gasteiger partial charge in [0.25, 0.3) is 0 Å². The van der Waals surface area contributed by atoms with E-state index in [0.29, 0.717) is 29.8 Å². The van der Waals surface area contributed by atoms with Gasteiger partial charge in [-0.2, -0.15) is 0 Å². The number of aryl methyl sites for hydroxylation is 1. The van der Waals surface area contributed by atoms with Crippen molar-refractivity contribution < 1.29 is 4.79 Å². The summed E-state index contributed by atoms with van der Waals surface area (Å²) in [6.07, 6.45) is 7.68. The molecule has 156 valence electrons. The number of H-pyrrole nitrogens is 1. The fourth-order valence-corrected chi connectivity index (χ4v) is 6.28. The fraction of sp³-hybridized carbons (Fsp3) is 0.667. The SMILES string of the molecule is CCC[C@H]1[C@H]2C[C@H](CN(CCc3nc4ccc(C)cc4[nH]3)C2)[C@@H]2CCCC(=O)N21. The second kappa shape index (κ2) is 7.75. The van der Waals surface area contributed by atoms with Gasteiger partial charge in [-0.05, 0) is 62.1 Å². The summed E-state index contributed by atoms with van der Waals surface area (Å²) in [5, 5.41) is 0. The molecule has 0 radical (unpaired) electrons. The van der Waals surface area contributed by atoms with Gasteiger partial charge in [-0.25, -0.2) is 4.98 Å². The maximum absolute atomic E-state index is 12.7. The van der Waals surface area contributed by atoms with Gasteiger partial charge in [0.15, 0.2) is 0 Å². The van der Waals surface area contributed by atoms with E-state index in [0.717, 1.165) is 62.2 Å². The molecule has 3 aliphatic heterocycles. The number of imidazole rings is 1. The van der Waals surface area contributed by atoms with Gasteiger partial charge in [0.1, 0.15) is 5.82 Å². The molecule has 5 nitrogen and oxygen atoms in total. The minimum Gasteiger partial charge on any atom is -0.342 e. The average molecular weight is 395 g/mol. The Morgan fingerprint density at radius 1 is 1.24 bits per heavy atom. The van der Waals surface area contributed by atoms with Crippen molar-refractivity contribution in [2.24, 2.45) is 11.8 Å². The zero-order chi connectivity index (χ0) is 20.0. The van der Waals surface area contributed by atoms with Crippen LogP contribution in [0, 0.1) is 18.8 Å². The first-order chi connectivity index (χ1) is 14.1. The molecule has 3 saturated heterocycles. The van der Waals surface area contributed by atoms with Crippen LogP contribution in [0.4, 0.5) is 0 Å². The van der Waals surface area contributed by atoms with Crippen molar-refractivity contribution in [2.75, 3.05) is 19.6 Å². The van der Waals surface area contributed by atoms with Crippen LogP contribution in [0.3, 0.4) is 0 Å². The van der Waals surface area contributed by atoms with Crippen molar-refractivity contribution in [3.05, 3.63) is 29.6 Å². The van der Waals surface area contributed by atoms with Gasteiger partial charge in [0.2, 0.25) is 5.91 Å². The predicted molar refractivity (Wildman–Crippen MR) is 116 cm³/mol. The molecule has 1 aromatic heterocycles. The zero-order valence-corrected chi connectivity index (χ0v) is 17.9. The van der Waals surface area contributed by atoms with Gasteiger partial charge in [0.05, 0.1) is 11.0 Å². The van der Waals surface area contributed by atoms with Crippen LogP contribution in [0.1, 0.15) is 56.8 Å². The van der Waals surface area contributed by atoms with Crippen molar-refractivity contribution >= 4 is 16.9 Å². The number of fused-ring (bicyclic) bond motifs is 5. The maximum atomic E-state index is 12.7. The standard InChI is InChI=1S/C24H34N4O/c1-3-5-21-17-13-18(22-6-4-7-24(29)28(21)22)15-27(14-17)11-10-23-25-19-9-8-16(2)12-20(19)26-23/h8-9,12,17-18,21-22H,3-7,10-11,13-15H2,1-2H3,(H,25,26)/t17-,18+,21-,22-/m0/s1. The Morgan fingerprint density at radius 2 is 2.10 bits per heavy atom. The predicted octanol–water partition coefficient (Wildman–Crippen LogP) is 3.92. The zero-order valence-electron chi connectivity index (χ0n) is 17.9. The van der Waals surface area contributed by atoms with Crippen molar-refractivity contribution in [3.8, 4) is 0 Å². The number of piperidine rings is 3. The van der Waals surface area contributed by atoms with E-state index in [4.69, 9.17) is 4.98 Å². The summed E-state index contributed by atoms with van der Waals surface area (Å²) in [6.45, 7) is 7.73. The topological polar surface area (TPSA) is 52.2 Å². The fourth-order valence-electron chi connectivity index (χ4n) is 6.28. The summed E-state index contributed by atoms with van der Waals surface area (Å²) in [5.41, 5.74) is 3.49. The van der Waals surface area contributed by atoms with Crippen LogP contribution < -0.4 is 0 Å². The molecule has 2 aromatic rings. The first-order valence-corrected chi connectivity index (χ1v) is 11.6. The molecule has 0 aliphatic carbocycles. The van der Waals surface area contributed by atoms with E-state index in [1.807, 2.05) is 0 Å². The largest absolute Gasteiger partial charge is 0.342 e. The summed E-state index contributed by atoms with van der Waals surface area (Å²) in [6, 6.07) is 7.37. The lowest BCUT2D eigenvalue weighted by Crippen LogP contribution is -2.65. The molecule has 0 saturated carbocycles. The number of benzene rings is 1. The highest BCUT2D eigenvalue weighted by Gasteiger charge is 2.48. The molecular weight excluding hydrogens is 360 g/mol. The molecule has 5 heteroatoms. The number of aromatic nitrogens is 2. The average Bonchev–Trinajstić information content (AvgIpc) is 3.12. The second-order valence-electron chi connectivity index (χ2n) is 9.59. The Labute approximate surface area is 173 Å². The Hall–Kier alpha value is -1.88. The molecule has 4 heterocycles. The third-order valence-corrected chi connectivity index (χ3v) is 7.51. The maximum Gasteiger partial charge on any atom is 0.223 e. The Bertz CT molecular complexity index is 890. The molecular formula is C24H34N4O. The molecule has 2 bridgehead atoms. The van der Waals surface area contributed by atoms with Crippen molar-refractivity contribution in [1.82, 2.24) is 19.8 Å². The van der Waals surface area contributed by atoms with Crippen LogP contribution in [0.2, 0.25) is 0 Å². The number of rotatable bonds is 5. The number of carbonyl (C=O) groups excluding carboxylic acids is 1. The molecule has 1 amide bonds. The van der Waals surface area contributed by atoms with E-state index in [1.54, 1.807) is 0 Å². The highest BCUT2D eigenvalue weighted by molar-refractivity contribution is 5.78. The van der Waals surface area contributed by atoms with Gasteiger partial charge < -0.3 is 14.8 Å². The quantitative estimate of drug-likeness (QED) is 0.836. The molecule has 29 heavy (non-hydrogen) atoms. The summed E-state index contributed by atoms with van der Waals surface area (Å²) in [5.74, 6) is 2.83. The second-order valence-corrected chi connectivity index (χ2v) is 9.59. The number of nitrogens with one attached hydrogen (secondary N) is 1. The van der Waals surface area contributed by atoms with Crippen molar-refractivity contribution in [2.45, 2.75) is 70.9 Å². The van der Waals surface area contributed by atoms with Crippen LogP contribution in [-0.2, 0) is 11.2 Å². The first-order valence-electron chi connectivity index (χ1n) is 11.6. The molecule has 1 aromatic carbocycles. The van der Waals surface area contributed by atoms with Gasteiger partial charge in [-0.1, -0.05) is 19.4 Å². The number of hydrogen-bond acceptors (Lipinski definition) is 3. The van der Waals surface area contributed by atoms with Crippen LogP contribution in [-0.4, -0.2) is 57.4 Å². The van der Waals surface area contributed by atoms with Crippen molar-refractivity contribution in [1.29, 1.82) is 0 Å². The minimum atomic E-state index is 0.431. The third kappa shape index (κ3) is 3.58. The Balaban J connectivity index is 1.29. The van der Waals surface area contributed by atoms with E-state index < -0.39 is 0 Å². The van der Waals surface area contributed by atoms with Crippen molar-refractivity contribution in [3.63, 3.8) is 0 Å². The number of carbonyl (C=O) groups is 1. The molecule has 1 N–H and O–H groups in total. The smallest absolute Gasteiger partial charge is 0.223 e. The van der Waals surface area contributed by atoms with E-state index in [-0.39, 0.29) is 0 Å². The summed E-state index contributed by atoms with van der Waals surface area (Å²) in [4.78, 5) is 26.1. The van der Waals surface area contributed by atoms with Crippen LogP contribution in [0.25, 0.3) is 11.0 Å². The molecule has 0 unspecified atom stereocenters. The van der Waals surface area contributed by atoms with Gasteiger partial charge >= 0.3 is 0 Å². The Morgan fingerprint density at radius 3 is 2.97 bits per heavy atom. The lowest BCUT2D eigenvalue weighted by molar-refractivity contribution is -0.153. The number of likely N-dealkylation sites (tertiary alicyclic amines) is 1. The van der Waals surface area contributed by atoms with E-state index in [9.17, 15) is 4.79 Å². The van der Waals surface area contributed by atoms with E-state index in [2.05, 4.69) is 46.8 Å². The number of aromatic amines is 1. The molecule has 3 fully saturated rings. The van der Waals surface area contributed by atoms with Crippen LogP contribution in [0.15, 0.2) is 18.2 Å². The summed E-state index contributed by atoms with van der Waals surface area (Å²) < 4.78 is 0. The molecule has 3 aliphatic rings. The lowest BCUT2D eigenvalue weighted by atomic mass is 9.71. The summed E-state index contributed by atoms with van der Waals surface area (Å²) in [7, 11) is 0. The first kappa shape index (κ1) is 19.1. The monoisotopic (exact) mass is 394 g/mol. The van der Waals surface area contributed by atoms with Gasteiger partial charge in [-0.15, -0.1) is 0 Å². The normalized spacial score (nSPS) is 30.0. The van der Waals surface area contributed by atoms with E-state index >= 15 is 0 Å². The summed E-state index contributed by atoms with van der Waals surface area (Å²) >= 11 is 0. The van der Waals surface area contributed by atoms with Gasteiger partial charge in [-0.3, -0.25) is 4.79 Å². The highest BCUT2D eigenvalue weighted by Crippen LogP contribution is 2.42. The minimum absolute atomic E-state index is 0.431. The Kier molecular flexibility index (Phi) is 5.10. The number of nitrogens with zero attached hydrogens (tertiary/aromatic N) is 3. The number of amides is 1. The molecule has 5 rings (SSSR count). The molecule has 4 atom stereocenters. The van der Waals surface area contributed by atoms with Crippen LogP contribution >= 0.6 is 0 Å². The van der Waals surface area contributed by atoms with E-state index in [1.165, 1.54) is 24.8 Å². The number of hydrogen-bond donors (Lipinski definition) is 1. The lowest BCUT2D eigenvalue weighted by Gasteiger charge is -2.57. The van der Waals surface area contributed by atoms with Crippen LogP contribution in [0.5, 0.6) is 0 Å². The highest BCUT2D eigenvalue weighted by atomic mass is 16.2.